The summed E-state index contributed by atoms with van der Waals surface area (Å²) in [7, 11) is 2.48. The molecule has 7 heterocycles. The number of hydrogen-bond acceptors (Lipinski definition) is 10. The van der Waals surface area contributed by atoms with Crippen LogP contribution in [0.4, 0.5) is 18.4 Å². The second-order valence-corrected chi connectivity index (χ2v) is 19.0. The van der Waals surface area contributed by atoms with Gasteiger partial charge in [-0.3, -0.25) is 9.59 Å². The molecule has 6 aromatic rings. The van der Waals surface area contributed by atoms with E-state index in [1.165, 1.54) is 25.2 Å². The molecule has 10 rings (SSSR count). The Labute approximate surface area is 402 Å². The minimum absolute atomic E-state index is 0.0347. The maximum absolute atomic E-state index is 17.0. The van der Waals surface area contributed by atoms with E-state index in [4.69, 9.17) is 18.9 Å². The molecule has 0 saturated carbocycles. The molecule has 4 aliphatic heterocycles. The summed E-state index contributed by atoms with van der Waals surface area (Å²) in [4.78, 5) is 71.0. The van der Waals surface area contributed by atoms with Crippen LogP contribution in [0, 0.1) is 17.7 Å². The second-order valence-electron chi connectivity index (χ2n) is 19.0. The van der Waals surface area contributed by atoms with E-state index in [2.05, 4.69) is 30.6 Å². The number of amides is 4. The monoisotopic (exact) mass is 959 g/mol. The molecule has 4 aliphatic rings. The zero-order valence-corrected chi connectivity index (χ0v) is 39.7. The van der Waals surface area contributed by atoms with Crippen LogP contribution >= 0.6 is 0 Å². The van der Waals surface area contributed by atoms with Gasteiger partial charge in [0.1, 0.15) is 47.2 Å². The Kier molecular flexibility index (Phi) is 12.2. The molecule has 3 aromatic carbocycles. The van der Waals surface area contributed by atoms with E-state index in [1.54, 1.807) is 37.2 Å². The molecule has 3 aromatic heterocycles. The average molecular weight is 960 g/mol. The number of imidazole rings is 2. The number of rotatable bonds is 11. The zero-order valence-electron chi connectivity index (χ0n) is 39.7. The predicted molar refractivity (Wildman–Crippen MR) is 253 cm³/mol. The van der Waals surface area contributed by atoms with Gasteiger partial charge in [-0.05, 0) is 66.6 Å². The Morgan fingerprint density at radius 2 is 1.47 bits per heavy atom. The van der Waals surface area contributed by atoms with Crippen molar-refractivity contribution in [1.29, 1.82) is 0 Å². The largest absolute Gasteiger partial charge is 0.493 e. The maximum Gasteiger partial charge on any atom is 0.407 e. The molecule has 366 valence electrons. The maximum atomic E-state index is 17.0. The Morgan fingerprint density at radius 1 is 0.800 bits per heavy atom. The number of H-pyrrole nitrogens is 2. The van der Waals surface area contributed by atoms with Crippen LogP contribution in [0.3, 0.4) is 0 Å². The SMILES string of the molecule is COC(=O)N[C@@H](C(=O)N1CCC[C@H]1c1ncc(-c2cc(F)c3c(c2)OC(c2ccc4c(c2)OCC4)n2c-3cc3cc(-c4cnc([C@@H]5C[C@@H](F)CN5C(=O)[C@H](NC(=O)OC)C(C)C)[nH]4)ccc32)[nH]1)C(C)C. The summed E-state index contributed by atoms with van der Waals surface area (Å²) in [5, 5.41) is 6.06. The van der Waals surface area contributed by atoms with Crippen molar-refractivity contribution in [1.82, 2.24) is 44.9 Å². The fraction of sp³-hybridized carbons (Fsp3) is 0.412. The highest BCUT2D eigenvalue weighted by atomic mass is 19.1. The lowest BCUT2D eigenvalue weighted by Gasteiger charge is -2.31. The number of aromatic amines is 2. The number of alkyl carbamates (subject to hydrolysis) is 2. The molecule has 0 aliphatic carbocycles. The van der Waals surface area contributed by atoms with Crippen LogP contribution in [-0.2, 0) is 25.5 Å². The molecule has 0 bridgehead atoms. The van der Waals surface area contributed by atoms with Crippen molar-refractivity contribution in [2.24, 2.45) is 11.8 Å². The smallest absolute Gasteiger partial charge is 0.407 e. The number of benzene rings is 3. The Balaban J connectivity index is 0.979. The summed E-state index contributed by atoms with van der Waals surface area (Å²) in [6.45, 7) is 8.22. The number of nitrogens with zero attached hydrogens (tertiary/aromatic N) is 5. The number of carbonyl (C=O) groups is 4. The number of fused-ring (bicyclic) bond motifs is 6. The third kappa shape index (κ3) is 8.33. The lowest BCUT2D eigenvalue weighted by atomic mass is 10.0. The first kappa shape index (κ1) is 46.3. The van der Waals surface area contributed by atoms with Crippen LogP contribution < -0.4 is 20.1 Å². The number of alkyl halides is 1. The van der Waals surface area contributed by atoms with Gasteiger partial charge < -0.3 is 53.9 Å². The molecule has 4 N–H and O–H groups in total. The van der Waals surface area contributed by atoms with Crippen molar-refractivity contribution in [3.63, 3.8) is 0 Å². The van der Waals surface area contributed by atoms with Gasteiger partial charge in [0.15, 0.2) is 0 Å². The molecule has 2 fully saturated rings. The molecule has 70 heavy (non-hydrogen) atoms. The van der Waals surface area contributed by atoms with Gasteiger partial charge in [-0.15, -0.1) is 0 Å². The topological polar surface area (TPSA) is 198 Å². The number of nitrogens with one attached hydrogen (secondary N) is 4. The summed E-state index contributed by atoms with van der Waals surface area (Å²) in [5.41, 5.74) is 5.96. The van der Waals surface area contributed by atoms with Crippen LogP contribution in [0.2, 0.25) is 0 Å². The Bertz CT molecular complexity index is 3020. The summed E-state index contributed by atoms with van der Waals surface area (Å²) < 4.78 is 56.4. The number of carbonyl (C=O) groups excluding carboxylic acids is 4. The first-order valence-electron chi connectivity index (χ1n) is 23.7. The number of hydrogen-bond donors (Lipinski definition) is 4. The van der Waals surface area contributed by atoms with Crippen molar-refractivity contribution in [2.75, 3.05) is 33.9 Å². The number of methoxy groups -OCH3 is 2. The van der Waals surface area contributed by atoms with E-state index >= 15 is 8.78 Å². The predicted octanol–water partition coefficient (Wildman–Crippen LogP) is 8.14. The average Bonchev–Trinajstić information content (AvgIpc) is 4.22. The quantitative estimate of drug-likeness (QED) is 0.0984. The third-order valence-electron chi connectivity index (χ3n) is 13.9. The van der Waals surface area contributed by atoms with Crippen LogP contribution in [0.5, 0.6) is 11.5 Å². The van der Waals surface area contributed by atoms with Gasteiger partial charge in [0.2, 0.25) is 18.0 Å². The summed E-state index contributed by atoms with van der Waals surface area (Å²) in [5.74, 6) is 0.383. The molecule has 17 nitrogen and oxygen atoms in total. The van der Waals surface area contributed by atoms with E-state index in [1.807, 2.05) is 60.9 Å². The van der Waals surface area contributed by atoms with Gasteiger partial charge in [-0.2, -0.15) is 0 Å². The summed E-state index contributed by atoms with van der Waals surface area (Å²) in [6.07, 6.45) is 2.05. The van der Waals surface area contributed by atoms with Gasteiger partial charge in [0.25, 0.3) is 0 Å². The van der Waals surface area contributed by atoms with Crippen LogP contribution in [0.25, 0.3) is 44.7 Å². The van der Waals surface area contributed by atoms with Crippen molar-refractivity contribution in [3.8, 4) is 45.3 Å². The molecule has 19 heteroatoms. The zero-order chi connectivity index (χ0) is 49.1. The number of ether oxygens (including phenoxy) is 4. The van der Waals surface area contributed by atoms with Crippen LogP contribution in [0.15, 0.2) is 67.0 Å². The number of halogens is 2. The fourth-order valence-electron chi connectivity index (χ4n) is 10.3. The van der Waals surface area contributed by atoms with E-state index in [0.29, 0.717) is 59.6 Å². The van der Waals surface area contributed by atoms with Gasteiger partial charge in [-0.25, -0.2) is 28.3 Å². The molecule has 1 unspecified atom stereocenters. The highest BCUT2D eigenvalue weighted by Gasteiger charge is 2.42. The van der Waals surface area contributed by atoms with Crippen molar-refractivity contribution in [2.45, 2.75) is 89.9 Å². The molecule has 4 amide bonds. The van der Waals surface area contributed by atoms with E-state index in [9.17, 15) is 19.2 Å². The second kappa shape index (κ2) is 18.5. The minimum Gasteiger partial charge on any atom is -0.493 e. The standard InChI is InChI=1S/C51H55F2N9O8/c1-25(2)43(58-50(65)67-5)47(63)60-14-7-8-37(60)45-54-23-35(57-45)30-17-33(53)42-38-18-31-16-28(11-12-36(31)62(38)49(70-41(42)20-30)29-10-9-27-13-15-69-40(27)19-29)34-22-55-46(56-34)39-21-32(52)24-61(39)48(64)44(26(3)4)59-51(66)68-6/h9-12,16-20,22-23,25-26,32,37,39,43-44,49H,7-8,13-15,21,24H2,1-6H3,(H,54,57)(H,55,56)(H,58,65)(H,59,66)/t32-,37+,39+,43-,44-,49?/m1/s1. The minimum atomic E-state index is -1.29. The highest BCUT2D eigenvalue weighted by molar-refractivity contribution is 5.93. The third-order valence-corrected chi connectivity index (χ3v) is 13.9. The molecule has 0 spiro atoms. The molecule has 6 atom stereocenters. The van der Waals surface area contributed by atoms with E-state index in [0.717, 1.165) is 46.2 Å². The van der Waals surface area contributed by atoms with Gasteiger partial charge >= 0.3 is 12.2 Å². The first-order valence-corrected chi connectivity index (χ1v) is 23.7. The van der Waals surface area contributed by atoms with Gasteiger partial charge in [0, 0.05) is 41.5 Å². The van der Waals surface area contributed by atoms with Crippen molar-refractivity contribution >= 4 is 34.9 Å². The summed E-state index contributed by atoms with van der Waals surface area (Å²) >= 11 is 0. The fourth-order valence-corrected chi connectivity index (χ4v) is 10.3. The van der Waals surface area contributed by atoms with Crippen molar-refractivity contribution in [3.05, 3.63) is 95.6 Å². The molecular weight excluding hydrogens is 905 g/mol. The Morgan fingerprint density at radius 3 is 2.16 bits per heavy atom. The molecule has 0 radical (unpaired) electrons. The lowest BCUT2D eigenvalue weighted by molar-refractivity contribution is -0.136. The molecular formula is C51H55F2N9O8. The summed E-state index contributed by atoms with van der Waals surface area (Å²) in [6, 6.07) is 14.2. The number of aromatic nitrogens is 5. The van der Waals surface area contributed by atoms with E-state index < -0.39 is 54.4 Å². The van der Waals surface area contributed by atoms with Crippen LogP contribution in [-0.4, -0.2) is 110 Å². The number of likely N-dealkylation sites (tertiary alicyclic amines) is 2. The van der Waals surface area contributed by atoms with Crippen molar-refractivity contribution < 1.29 is 46.9 Å². The normalized spacial score (nSPS) is 20.1. The molecule has 2 saturated heterocycles. The van der Waals surface area contributed by atoms with Gasteiger partial charge in [0.05, 0.1) is 80.0 Å². The van der Waals surface area contributed by atoms with E-state index in [-0.39, 0.29) is 42.3 Å². The van der Waals surface area contributed by atoms with Crippen LogP contribution in [0.1, 0.15) is 88.0 Å². The Hall–Kier alpha value is -7.44. The first-order chi connectivity index (χ1) is 33.7. The highest BCUT2D eigenvalue weighted by Crippen LogP contribution is 2.48. The van der Waals surface area contributed by atoms with Gasteiger partial charge in [-0.1, -0.05) is 45.9 Å². The lowest BCUT2D eigenvalue weighted by Crippen LogP contribution is -2.51.